The summed E-state index contributed by atoms with van der Waals surface area (Å²) in [6.07, 6.45) is 1.91. The Labute approximate surface area is 161 Å². The lowest BCUT2D eigenvalue weighted by Gasteiger charge is -2.13. The van der Waals surface area contributed by atoms with Crippen LogP contribution in [-0.4, -0.2) is 53.3 Å². The Bertz CT molecular complexity index is 719. The number of carbonyl (C=O) groups is 1. The van der Waals surface area contributed by atoms with Crippen LogP contribution in [0.2, 0.25) is 0 Å². The third-order valence-corrected chi connectivity index (χ3v) is 6.17. The second-order valence-corrected chi connectivity index (χ2v) is 8.64. The molecule has 1 saturated heterocycles. The van der Waals surface area contributed by atoms with Crippen molar-refractivity contribution in [3.05, 3.63) is 28.8 Å². The molecule has 0 saturated carbocycles. The molecular weight excluding hydrogens is 368 g/mol. The van der Waals surface area contributed by atoms with Gasteiger partial charge in [-0.05, 0) is 44.7 Å². The van der Waals surface area contributed by atoms with E-state index in [9.17, 15) is 13.2 Å². The number of rotatable bonds is 10. The predicted molar refractivity (Wildman–Crippen MR) is 103 cm³/mol. The number of hydrogen-bond donors (Lipinski definition) is 2. The van der Waals surface area contributed by atoms with Crippen LogP contribution in [-0.2, 0) is 24.3 Å². The maximum absolute atomic E-state index is 12.5. The lowest BCUT2D eigenvalue weighted by molar-refractivity contribution is -0.120. The highest BCUT2D eigenvalue weighted by molar-refractivity contribution is 7.89. The quantitative estimate of drug-likeness (QED) is 0.584. The highest BCUT2D eigenvalue weighted by atomic mass is 32.2. The summed E-state index contributed by atoms with van der Waals surface area (Å²) in [6, 6.07) is 3.68. The highest BCUT2D eigenvalue weighted by Gasteiger charge is 2.20. The number of hydrogen-bond acceptors (Lipinski definition) is 5. The minimum absolute atomic E-state index is 0.0663. The zero-order chi connectivity index (χ0) is 19.9. The summed E-state index contributed by atoms with van der Waals surface area (Å²) in [5.74, 6) is -0.181. The monoisotopic (exact) mass is 398 g/mol. The smallest absolute Gasteiger partial charge is 0.241 e. The molecule has 1 fully saturated rings. The largest absolute Gasteiger partial charge is 0.379 e. The lowest BCUT2D eigenvalue weighted by atomic mass is 10.1. The molecule has 1 heterocycles. The van der Waals surface area contributed by atoms with Crippen molar-refractivity contribution in [1.29, 1.82) is 0 Å². The Balaban J connectivity index is 1.68. The molecule has 2 rings (SSSR count). The van der Waals surface area contributed by atoms with Gasteiger partial charge in [0.25, 0.3) is 0 Å². The van der Waals surface area contributed by atoms with Gasteiger partial charge >= 0.3 is 0 Å². The first-order chi connectivity index (χ1) is 12.8. The molecule has 0 bridgehead atoms. The molecule has 152 valence electrons. The van der Waals surface area contributed by atoms with Crippen LogP contribution < -0.4 is 10.0 Å². The molecule has 0 spiro atoms. The molecule has 1 aliphatic rings. The van der Waals surface area contributed by atoms with Crippen LogP contribution in [0, 0.1) is 20.8 Å². The standard InChI is InChI=1S/C19H30N2O5S/c1-14-11-15(2)19(16(3)12-14)27(23,24)21-8-5-18(22)20-7-4-9-26-17-6-10-25-13-17/h11-12,17,21H,4-10,13H2,1-3H3,(H,20,22)/t17-/m1/s1. The average Bonchev–Trinajstić information content (AvgIpc) is 3.06. The van der Waals surface area contributed by atoms with Gasteiger partial charge in [-0.1, -0.05) is 17.7 Å². The molecule has 2 N–H and O–H groups in total. The van der Waals surface area contributed by atoms with Gasteiger partial charge in [0.2, 0.25) is 15.9 Å². The van der Waals surface area contributed by atoms with Crippen LogP contribution in [0.3, 0.4) is 0 Å². The number of carbonyl (C=O) groups excluding carboxylic acids is 1. The van der Waals surface area contributed by atoms with Crippen molar-refractivity contribution in [2.24, 2.45) is 0 Å². The van der Waals surface area contributed by atoms with Crippen molar-refractivity contribution >= 4 is 15.9 Å². The van der Waals surface area contributed by atoms with Crippen LogP contribution in [0.4, 0.5) is 0 Å². The summed E-state index contributed by atoms with van der Waals surface area (Å²) in [4.78, 5) is 12.1. The third kappa shape index (κ3) is 6.88. The molecule has 0 unspecified atom stereocenters. The Morgan fingerprint density at radius 3 is 2.56 bits per heavy atom. The molecule has 1 amide bonds. The van der Waals surface area contributed by atoms with E-state index in [1.54, 1.807) is 13.8 Å². The molecule has 0 radical (unpaired) electrons. The topological polar surface area (TPSA) is 93.7 Å². The van der Waals surface area contributed by atoms with Crippen molar-refractivity contribution in [1.82, 2.24) is 10.0 Å². The Hall–Kier alpha value is -1.48. The summed E-state index contributed by atoms with van der Waals surface area (Å²) < 4.78 is 38.4. The van der Waals surface area contributed by atoms with Crippen molar-refractivity contribution in [3.8, 4) is 0 Å². The number of amides is 1. The molecule has 0 aliphatic carbocycles. The third-order valence-electron chi connectivity index (χ3n) is 4.40. The van der Waals surface area contributed by atoms with Gasteiger partial charge in [0, 0.05) is 32.7 Å². The second-order valence-electron chi connectivity index (χ2n) is 6.94. The fourth-order valence-corrected chi connectivity index (χ4v) is 4.73. The van der Waals surface area contributed by atoms with Crippen LogP contribution in [0.15, 0.2) is 17.0 Å². The maximum atomic E-state index is 12.5. The van der Waals surface area contributed by atoms with Gasteiger partial charge in [-0.3, -0.25) is 4.79 Å². The van der Waals surface area contributed by atoms with E-state index in [-0.39, 0.29) is 25.0 Å². The first-order valence-electron chi connectivity index (χ1n) is 9.33. The second kappa shape index (κ2) is 10.2. The van der Waals surface area contributed by atoms with Crippen LogP contribution in [0.25, 0.3) is 0 Å². The fraction of sp³-hybridized carbons (Fsp3) is 0.632. The zero-order valence-corrected chi connectivity index (χ0v) is 17.2. The predicted octanol–water partition coefficient (Wildman–Crippen LogP) is 1.59. The Morgan fingerprint density at radius 1 is 1.22 bits per heavy atom. The van der Waals surface area contributed by atoms with Gasteiger partial charge < -0.3 is 14.8 Å². The van der Waals surface area contributed by atoms with Gasteiger partial charge in [0.15, 0.2) is 0 Å². The summed E-state index contributed by atoms with van der Waals surface area (Å²) in [7, 11) is -3.63. The van der Waals surface area contributed by atoms with Crippen LogP contribution in [0.5, 0.6) is 0 Å². The lowest BCUT2D eigenvalue weighted by Crippen LogP contribution is -2.32. The molecule has 0 aromatic heterocycles. The summed E-state index contributed by atoms with van der Waals surface area (Å²) in [5, 5.41) is 2.78. The van der Waals surface area contributed by atoms with Crippen molar-refractivity contribution in [3.63, 3.8) is 0 Å². The number of nitrogens with one attached hydrogen (secondary N) is 2. The summed E-state index contributed by atoms with van der Waals surface area (Å²) in [5.41, 5.74) is 2.43. The molecule has 1 atom stereocenters. The van der Waals surface area contributed by atoms with E-state index in [0.717, 1.165) is 25.0 Å². The van der Waals surface area contributed by atoms with Crippen LogP contribution in [0.1, 0.15) is 36.0 Å². The average molecular weight is 399 g/mol. The van der Waals surface area contributed by atoms with Crippen molar-refractivity contribution in [2.45, 2.75) is 51.0 Å². The molecule has 27 heavy (non-hydrogen) atoms. The van der Waals surface area contributed by atoms with Gasteiger partial charge in [-0.15, -0.1) is 0 Å². The number of aryl methyl sites for hydroxylation is 3. The normalized spacial score (nSPS) is 17.2. The van der Waals surface area contributed by atoms with E-state index < -0.39 is 10.0 Å². The first-order valence-corrected chi connectivity index (χ1v) is 10.8. The van der Waals surface area contributed by atoms with Gasteiger partial charge in [0.1, 0.15) is 0 Å². The van der Waals surface area contributed by atoms with E-state index >= 15 is 0 Å². The number of sulfonamides is 1. The zero-order valence-electron chi connectivity index (χ0n) is 16.3. The summed E-state index contributed by atoms with van der Waals surface area (Å²) >= 11 is 0. The van der Waals surface area contributed by atoms with Crippen LogP contribution >= 0.6 is 0 Å². The molecule has 1 aromatic carbocycles. The molecular formula is C19H30N2O5S. The summed E-state index contributed by atoms with van der Waals surface area (Å²) in [6.45, 7) is 8.04. The molecule has 1 aliphatic heterocycles. The van der Waals surface area contributed by atoms with E-state index in [4.69, 9.17) is 9.47 Å². The molecule has 1 aromatic rings. The van der Waals surface area contributed by atoms with E-state index in [1.165, 1.54) is 0 Å². The maximum Gasteiger partial charge on any atom is 0.241 e. The number of ether oxygens (including phenoxy) is 2. The minimum atomic E-state index is -3.63. The van der Waals surface area contributed by atoms with Gasteiger partial charge in [0.05, 0.1) is 17.6 Å². The minimum Gasteiger partial charge on any atom is -0.379 e. The van der Waals surface area contributed by atoms with Crippen molar-refractivity contribution < 1.29 is 22.7 Å². The first kappa shape index (κ1) is 21.8. The Morgan fingerprint density at radius 2 is 1.93 bits per heavy atom. The molecule has 8 heteroatoms. The van der Waals surface area contributed by atoms with Crippen molar-refractivity contribution in [2.75, 3.05) is 32.9 Å². The van der Waals surface area contributed by atoms with E-state index in [0.29, 0.717) is 35.8 Å². The molecule has 7 nitrogen and oxygen atoms in total. The number of benzene rings is 1. The fourth-order valence-electron chi connectivity index (χ4n) is 3.24. The van der Waals surface area contributed by atoms with E-state index in [1.807, 2.05) is 19.1 Å². The van der Waals surface area contributed by atoms with E-state index in [2.05, 4.69) is 10.0 Å². The SMILES string of the molecule is Cc1cc(C)c(S(=O)(=O)NCCC(=O)NCCCO[C@@H]2CCOC2)c(C)c1. The highest BCUT2D eigenvalue weighted by Crippen LogP contribution is 2.21. The van der Waals surface area contributed by atoms with Gasteiger partial charge in [-0.2, -0.15) is 0 Å². The van der Waals surface area contributed by atoms with Gasteiger partial charge in [-0.25, -0.2) is 13.1 Å². The Kier molecular flexibility index (Phi) is 8.22.